The van der Waals surface area contributed by atoms with Crippen LogP contribution in [-0.4, -0.2) is 35.1 Å². The van der Waals surface area contributed by atoms with Gasteiger partial charge in [-0.25, -0.2) is 0 Å². The molecule has 3 heteroatoms. The Morgan fingerprint density at radius 1 is 1.30 bits per heavy atom. The van der Waals surface area contributed by atoms with Crippen LogP contribution in [0.5, 0.6) is 0 Å². The summed E-state index contributed by atoms with van der Waals surface area (Å²) in [4.78, 5) is 7.10. The van der Waals surface area contributed by atoms with Crippen molar-refractivity contribution in [1.82, 2.24) is 9.88 Å². The Kier molecular flexibility index (Phi) is 3.99. The van der Waals surface area contributed by atoms with Crippen LogP contribution in [0, 0.1) is 0 Å². The second-order valence-corrected chi connectivity index (χ2v) is 5.91. The minimum atomic E-state index is 0.389. The summed E-state index contributed by atoms with van der Waals surface area (Å²) in [6, 6.07) is 11.6. The summed E-state index contributed by atoms with van der Waals surface area (Å²) in [5.74, 6) is 0. The number of piperidine rings is 1. The van der Waals surface area contributed by atoms with Gasteiger partial charge in [0.25, 0.3) is 0 Å². The highest BCUT2D eigenvalue weighted by Gasteiger charge is 2.22. The monoisotopic (exact) mass is 269 g/mol. The highest BCUT2D eigenvalue weighted by atomic mass is 15.2. The third-order valence-corrected chi connectivity index (χ3v) is 4.44. The molecule has 2 N–H and O–H groups in total. The molecule has 106 valence electrons. The van der Waals surface area contributed by atoms with Crippen LogP contribution < -0.4 is 5.73 Å². The Balaban J connectivity index is 1.71. The van der Waals surface area contributed by atoms with Crippen molar-refractivity contribution in [3.05, 3.63) is 42.1 Å². The number of nitrogens with two attached hydrogens (primary N) is 1. The van der Waals surface area contributed by atoms with Crippen molar-refractivity contribution < 1.29 is 0 Å². The Bertz CT molecular complexity index is 576. The van der Waals surface area contributed by atoms with Gasteiger partial charge in [-0.15, -0.1) is 0 Å². The molecule has 1 fully saturated rings. The summed E-state index contributed by atoms with van der Waals surface area (Å²) in [6.07, 6.45) is 5.19. The number of benzene rings is 1. The molecule has 1 saturated heterocycles. The Morgan fingerprint density at radius 3 is 3.00 bits per heavy atom. The van der Waals surface area contributed by atoms with E-state index >= 15 is 0 Å². The molecule has 0 radical (unpaired) electrons. The van der Waals surface area contributed by atoms with Gasteiger partial charge in [-0.3, -0.25) is 4.98 Å². The van der Waals surface area contributed by atoms with E-state index in [0.717, 1.165) is 37.9 Å². The lowest BCUT2D eigenvalue weighted by molar-refractivity contribution is 0.150. The third-order valence-electron chi connectivity index (χ3n) is 4.44. The fraction of sp³-hybridized carbons (Fsp3) is 0.471. The summed E-state index contributed by atoms with van der Waals surface area (Å²) >= 11 is 0. The predicted octanol–water partition coefficient (Wildman–Crippen LogP) is 2.59. The number of pyridine rings is 1. The van der Waals surface area contributed by atoms with Gasteiger partial charge in [0, 0.05) is 30.2 Å². The first kappa shape index (κ1) is 13.5. The van der Waals surface area contributed by atoms with Gasteiger partial charge >= 0.3 is 0 Å². The van der Waals surface area contributed by atoms with Crippen molar-refractivity contribution >= 4 is 10.9 Å². The molecule has 0 saturated carbocycles. The van der Waals surface area contributed by atoms with Crippen LogP contribution in [-0.2, 0) is 6.42 Å². The zero-order chi connectivity index (χ0) is 13.9. The molecule has 2 atom stereocenters. The molecule has 20 heavy (non-hydrogen) atoms. The number of hydrogen-bond donors (Lipinski definition) is 1. The van der Waals surface area contributed by atoms with Gasteiger partial charge in [0.1, 0.15) is 0 Å². The Hall–Kier alpha value is -1.45. The van der Waals surface area contributed by atoms with Crippen molar-refractivity contribution in [3.63, 3.8) is 0 Å². The van der Waals surface area contributed by atoms with Crippen LogP contribution in [0.4, 0.5) is 0 Å². The van der Waals surface area contributed by atoms with E-state index in [9.17, 15) is 0 Å². The summed E-state index contributed by atoms with van der Waals surface area (Å²) in [6.45, 7) is 4.52. The average molecular weight is 269 g/mol. The number of likely N-dealkylation sites (tertiary alicyclic amines) is 1. The van der Waals surface area contributed by atoms with E-state index in [1.165, 1.54) is 10.9 Å². The van der Waals surface area contributed by atoms with E-state index in [4.69, 9.17) is 5.73 Å². The molecule has 0 bridgehead atoms. The lowest BCUT2D eigenvalue weighted by atomic mass is 9.98. The number of para-hydroxylation sites is 1. The zero-order valence-electron chi connectivity index (χ0n) is 12.1. The SMILES string of the molecule is CC1CC(N)CCN1CCc1cccc2cccnc12. The lowest BCUT2D eigenvalue weighted by Crippen LogP contribution is -2.46. The van der Waals surface area contributed by atoms with Crippen LogP contribution in [0.15, 0.2) is 36.5 Å². The van der Waals surface area contributed by atoms with Crippen LogP contribution in [0.3, 0.4) is 0 Å². The molecule has 1 aliphatic rings. The van der Waals surface area contributed by atoms with Gasteiger partial charge in [-0.2, -0.15) is 0 Å². The number of hydrogen-bond acceptors (Lipinski definition) is 3. The molecule has 2 heterocycles. The maximum absolute atomic E-state index is 6.03. The van der Waals surface area contributed by atoms with Crippen LogP contribution in [0.2, 0.25) is 0 Å². The van der Waals surface area contributed by atoms with Gasteiger partial charge in [-0.1, -0.05) is 24.3 Å². The fourth-order valence-electron chi connectivity index (χ4n) is 3.22. The van der Waals surface area contributed by atoms with Gasteiger partial charge < -0.3 is 10.6 Å². The van der Waals surface area contributed by atoms with E-state index < -0.39 is 0 Å². The topological polar surface area (TPSA) is 42.1 Å². The quantitative estimate of drug-likeness (QED) is 0.931. The minimum Gasteiger partial charge on any atom is -0.328 e. The highest BCUT2D eigenvalue weighted by Crippen LogP contribution is 2.19. The normalized spacial score (nSPS) is 24.1. The molecule has 0 amide bonds. The first-order valence-electron chi connectivity index (χ1n) is 7.56. The maximum Gasteiger partial charge on any atom is 0.0734 e. The van der Waals surface area contributed by atoms with Crippen molar-refractivity contribution in [2.45, 2.75) is 38.3 Å². The lowest BCUT2D eigenvalue weighted by Gasteiger charge is -2.36. The summed E-state index contributed by atoms with van der Waals surface area (Å²) in [5.41, 5.74) is 8.53. The number of nitrogens with zero attached hydrogens (tertiary/aromatic N) is 2. The average Bonchev–Trinajstić information content (AvgIpc) is 2.46. The molecule has 3 rings (SSSR count). The molecule has 2 aromatic rings. The highest BCUT2D eigenvalue weighted by molar-refractivity contribution is 5.81. The second-order valence-electron chi connectivity index (χ2n) is 5.91. The fourth-order valence-corrected chi connectivity index (χ4v) is 3.22. The number of fused-ring (bicyclic) bond motifs is 1. The third kappa shape index (κ3) is 2.84. The zero-order valence-corrected chi connectivity index (χ0v) is 12.1. The molecule has 1 aromatic carbocycles. The van der Waals surface area contributed by atoms with E-state index in [2.05, 4.69) is 41.1 Å². The van der Waals surface area contributed by atoms with E-state index in [-0.39, 0.29) is 0 Å². The van der Waals surface area contributed by atoms with Gasteiger partial charge in [0.05, 0.1) is 5.52 Å². The standard InChI is InChI=1S/C17H23N3/c1-13-12-16(18)8-11-20(13)10-7-15-5-2-4-14-6-3-9-19-17(14)15/h2-6,9,13,16H,7-8,10-12,18H2,1H3. The molecule has 0 aliphatic carbocycles. The Morgan fingerprint density at radius 2 is 2.15 bits per heavy atom. The Labute approximate surface area is 120 Å². The first-order valence-corrected chi connectivity index (χ1v) is 7.56. The van der Waals surface area contributed by atoms with Crippen molar-refractivity contribution in [2.75, 3.05) is 13.1 Å². The van der Waals surface area contributed by atoms with Crippen molar-refractivity contribution in [1.29, 1.82) is 0 Å². The van der Waals surface area contributed by atoms with Gasteiger partial charge in [-0.05, 0) is 44.4 Å². The van der Waals surface area contributed by atoms with Crippen molar-refractivity contribution in [3.8, 4) is 0 Å². The summed E-state index contributed by atoms with van der Waals surface area (Å²) < 4.78 is 0. The summed E-state index contributed by atoms with van der Waals surface area (Å²) in [5, 5.41) is 1.23. The molecule has 1 aliphatic heterocycles. The van der Waals surface area contributed by atoms with Gasteiger partial charge in [0.15, 0.2) is 0 Å². The maximum atomic E-state index is 6.03. The molecular weight excluding hydrogens is 246 g/mol. The molecule has 0 spiro atoms. The number of rotatable bonds is 3. The van der Waals surface area contributed by atoms with Crippen LogP contribution in [0.1, 0.15) is 25.3 Å². The van der Waals surface area contributed by atoms with E-state index in [0.29, 0.717) is 12.1 Å². The first-order chi connectivity index (χ1) is 9.74. The smallest absolute Gasteiger partial charge is 0.0734 e. The van der Waals surface area contributed by atoms with Gasteiger partial charge in [0.2, 0.25) is 0 Å². The predicted molar refractivity (Wildman–Crippen MR) is 83.7 cm³/mol. The number of aromatic nitrogens is 1. The minimum absolute atomic E-state index is 0.389. The van der Waals surface area contributed by atoms with Crippen LogP contribution >= 0.6 is 0 Å². The molecule has 3 nitrogen and oxygen atoms in total. The van der Waals surface area contributed by atoms with E-state index in [1.807, 2.05) is 12.3 Å². The van der Waals surface area contributed by atoms with E-state index in [1.54, 1.807) is 0 Å². The molecule has 1 aromatic heterocycles. The molecule has 2 unspecified atom stereocenters. The van der Waals surface area contributed by atoms with Crippen molar-refractivity contribution in [2.24, 2.45) is 5.73 Å². The van der Waals surface area contributed by atoms with Crippen LogP contribution in [0.25, 0.3) is 10.9 Å². The molecular formula is C17H23N3. The second kappa shape index (κ2) is 5.90. The largest absolute Gasteiger partial charge is 0.328 e. The summed E-state index contributed by atoms with van der Waals surface area (Å²) in [7, 11) is 0.